The minimum Gasteiger partial charge on any atom is -0.491 e. The topological polar surface area (TPSA) is 113 Å². The first-order valence-corrected chi connectivity index (χ1v) is 13.5. The Morgan fingerprint density at radius 1 is 1.07 bits per heavy atom. The molecule has 4 aromatic rings. The summed E-state index contributed by atoms with van der Waals surface area (Å²) in [4.78, 5) is 33.7. The molecule has 40 heavy (non-hydrogen) atoms. The smallest absolute Gasteiger partial charge is 0.240 e. The number of fused-ring (bicyclic) bond motifs is 7. The third kappa shape index (κ3) is 3.29. The molecule has 3 aromatic carbocycles. The highest BCUT2D eigenvalue weighted by molar-refractivity contribution is 6.35. The summed E-state index contributed by atoms with van der Waals surface area (Å²) in [7, 11) is 0. The van der Waals surface area contributed by atoms with Gasteiger partial charge in [0, 0.05) is 35.2 Å². The molecule has 0 radical (unpaired) electrons. The van der Waals surface area contributed by atoms with Crippen molar-refractivity contribution < 1.29 is 24.2 Å². The number of ether oxygens (including phenoxy) is 2. The Morgan fingerprint density at radius 3 is 2.62 bits per heavy atom. The molecule has 9 heteroatoms. The molecule has 1 aromatic heterocycles. The van der Waals surface area contributed by atoms with Gasteiger partial charge in [-0.25, -0.2) is 4.90 Å². The van der Waals surface area contributed by atoms with Gasteiger partial charge in [0.1, 0.15) is 16.9 Å². The number of hydrogen-bond donors (Lipinski definition) is 1. The van der Waals surface area contributed by atoms with Crippen molar-refractivity contribution in [3.05, 3.63) is 77.4 Å². The third-order valence-electron chi connectivity index (χ3n) is 8.84. The molecule has 0 unspecified atom stereocenters. The fraction of sp³-hybridized carbons (Fsp3) is 0.290. The van der Waals surface area contributed by atoms with Crippen LogP contribution in [0.3, 0.4) is 0 Å². The summed E-state index contributed by atoms with van der Waals surface area (Å²) in [6, 6.07) is 19.8. The van der Waals surface area contributed by atoms with Crippen LogP contribution < -0.4 is 9.64 Å². The van der Waals surface area contributed by atoms with E-state index in [1.165, 1.54) is 4.90 Å². The maximum atomic E-state index is 14.1. The third-order valence-corrected chi connectivity index (χ3v) is 9.17. The number of nitrogens with zero attached hydrogens (tertiary/aromatic N) is 3. The van der Waals surface area contributed by atoms with Crippen LogP contribution in [0.25, 0.3) is 21.7 Å². The van der Waals surface area contributed by atoms with Crippen molar-refractivity contribution >= 4 is 50.8 Å². The average Bonchev–Trinajstić information content (AvgIpc) is 3.50. The van der Waals surface area contributed by atoms with Gasteiger partial charge in [-0.2, -0.15) is 5.26 Å². The summed E-state index contributed by atoms with van der Waals surface area (Å²) in [5, 5.41) is 23.3. The lowest BCUT2D eigenvalue weighted by atomic mass is 9.66. The number of pyridine rings is 1. The molecular weight excluding hydrogens is 530 g/mol. The number of benzene rings is 3. The average molecular weight is 554 g/mol. The number of anilines is 1. The van der Waals surface area contributed by atoms with E-state index >= 15 is 0 Å². The molecule has 2 amide bonds. The molecule has 200 valence electrons. The molecule has 4 heterocycles. The molecule has 8 nitrogen and oxygen atoms in total. The van der Waals surface area contributed by atoms with Gasteiger partial charge < -0.3 is 14.6 Å². The predicted octanol–water partition coefficient (Wildman–Crippen LogP) is 4.78. The Kier molecular flexibility index (Phi) is 5.45. The fourth-order valence-corrected chi connectivity index (χ4v) is 7.21. The van der Waals surface area contributed by atoms with Crippen LogP contribution in [0.5, 0.6) is 5.75 Å². The van der Waals surface area contributed by atoms with Gasteiger partial charge in [-0.3, -0.25) is 14.6 Å². The zero-order chi connectivity index (χ0) is 27.8. The normalized spacial score (nSPS) is 28.9. The van der Waals surface area contributed by atoms with Crippen LogP contribution in [-0.4, -0.2) is 45.8 Å². The van der Waals surface area contributed by atoms with E-state index in [1.54, 1.807) is 55.6 Å². The number of hydrogen-bond acceptors (Lipinski definition) is 7. The Bertz CT molecular complexity index is 1790. The molecule has 7 rings (SSSR count). The highest BCUT2D eigenvalue weighted by atomic mass is 35.5. The van der Waals surface area contributed by atoms with Crippen molar-refractivity contribution in [2.75, 3.05) is 11.5 Å². The van der Waals surface area contributed by atoms with Crippen LogP contribution in [0.1, 0.15) is 25.3 Å². The molecule has 0 spiro atoms. The molecule has 3 aliphatic heterocycles. The molecule has 5 atom stereocenters. The van der Waals surface area contributed by atoms with E-state index < -0.39 is 35.0 Å². The summed E-state index contributed by atoms with van der Waals surface area (Å²) in [6.45, 7) is 1.90. The monoisotopic (exact) mass is 553 g/mol. The highest BCUT2D eigenvalue weighted by Crippen LogP contribution is 2.62. The SMILES string of the molecule is C[C@]12O[C@](CCOc3ccc(Cl)c4cccnc34)(C[C@@H]1O)[C@H]1C(=O)N(c3ccc(C#N)c4ccccc34)C(=O)[C@H]12. The predicted molar refractivity (Wildman–Crippen MR) is 148 cm³/mol. The van der Waals surface area contributed by atoms with Crippen molar-refractivity contribution in [1.29, 1.82) is 5.26 Å². The maximum Gasteiger partial charge on any atom is 0.240 e. The molecule has 3 aliphatic rings. The summed E-state index contributed by atoms with van der Waals surface area (Å²) in [5.41, 5.74) is -0.759. The van der Waals surface area contributed by atoms with Gasteiger partial charge >= 0.3 is 0 Å². The Morgan fingerprint density at radius 2 is 1.82 bits per heavy atom. The van der Waals surface area contributed by atoms with Crippen LogP contribution in [0, 0.1) is 23.2 Å². The molecular formula is C31H24ClN3O5. The standard InChI is InChI=1S/C31H24ClN3O5/c1-30-24(36)15-31(40-30,12-14-39-23-11-9-21(32)20-7-4-13-34-27(20)23)26-25(30)28(37)35(29(26)38)22-10-8-17(16-33)18-5-2-3-6-19(18)22/h2-11,13,24-26,36H,12,14-15H2,1H3/t24-,25-,26+,30-,31+/m0/s1. The van der Waals surface area contributed by atoms with Crippen molar-refractivity contribution in [3.8, 4) is 11.8 Å². The summed E-state index contributed by atoms with van der Waals surface area (Å²) in [6.07, 6.45) is 1.26. The second-order valence-electron chi connectivity index (χ2n) is 10.9. The van der Waals surface area contributed by atoms with Crippen LogP contribution in [0.2, 0.25) is 5.02 Å². The summed E-state index contributed by atoms with van der Waals surface area (Å²) >= 11 is 6.32. The second kappa shape index (κ2) is 8.73. The number of amides is 2. The number of halogens is 1. The number of rotatable bonds is 5. The van der Waals surface area contributed by atoms with Gasteiger partial charge in [0.05, 0.1) is 52.5 Å². The number of imide groups is 1. The molecule has 1 N–H and O–H groups in total. The van der Waals surface area contributed by atoms with Crippen molar-refractivity contribution in [3.63, 3.8) is 0 Å². The fourth-order valence-electron chi connectivity index (χ4n) is 7.00. The van der Waals surface area contributed by atoms with E-state index in [-0.39, 0.29) is 18.9 Å². The molecule has 3 fully saturated rings. The Hall–Kier alpha value is -4.03. The maximum absolute atomic E-state index is 14.1. The van der Waals surface area contributed by atoms with Gasteiger partial charge in [0.25, 0.3) is 0 Å². The van der Waals surface area contributed by atoms with E-state index in [4.69, 9.17) is 21.1 Å². The first-order chi connectivity index (χ1) is 19.3. The summed E-state index contributed by atoms with van der Waals surface area (Å²) in [5.74, 6) is -1.82. The minimum absolute atomic E-state index is 0.181. The molecule has 2 bridgehead atoms. The van der Waals surface area contributed by atoms with E-state index in [1.807, 2.05) is 18.2 Å². The Balaban J connectivity index is 1.23. The van der Waals surface area contributed by atoms with Crippen LogP contribution >= 0.6 is 11.6 Å². The molecule has 0 saturated carbocycles. The largest absolute Gasteiger partial charge is 0.491 e. The van der Waals surface area contributed by atoms with Crippen molar-refractivity contribution in [2.45, 2.75) is 37.1 Å². The van der Waals surface area contributed by atoms with E-state index in [0.717, 1.165) is 5.39 Å². The zero-order valence-corrected chi connectivity index (χ0v) is 22.3. The van der Waals surface area contributed by atoms with Gasteiger partial charge in [0.15, 0.2) is 0 Å². The number of carbonyl (C=O) groups is 2. The van der Waals surface area contributed by atoms with Gasteiger partial charge in [-0.1, -0.05) is 35.9 Å². The van der Waals surface area contributed by atoms with E-state index in [9.17, 15) is 20.0 Å². The van der Waals surface area contributed by atoms with Crippen LogP contribution in [-0.2, 0) is 14.3 Å². The van der Waals surface area contributed by atoms with Crippen LogP contribution in [0.15, 0.2) is 66.9 Å². The summed E-state index contributed by atoms with van der Waals surface area (Å²) < 4.78 is 12.6. The zero-order valence-electron chi connectivity index (χ0n) is 21.5. The van der Waals surface area contributed by atoms with Crippen molar-refractivity contribution in [2.24, 2.45) is 11.8 Å². The van der Waals surface area contributed by atoms with E-state index in [0.29, 0.717) is 44.7 Å². The van der Waals surface area contributed by atoms with Gasteiger partial charge in [-0.05, 0) is 43.3 Å². The quantitative estimate of drug-likeness (QED) is 0.354. The lowest BCUT2D eigenvalue weighted by Gasteiger charge is -2.33. The van der Waals surface area contributed by atoms with E-state index in [2.05, 4.69) is 11.1 Å². The number of nitriles is 1. The highest BCUT2D eigenvalue weighted by Gasteiger charge is 2.77. The number of aliphatic hydroxyl groups excluding tert-OH is 1. The first kappa shape index (κ1) is 25.0. The van der Waals surface area contributed by atoms with Crippen molar-refractivity contribution in [1.82, 2.24) is 4.98 Å². The molecule has 3 saturated heterocycles. The molecule has 0 aliphatic carbocycles. The minimum atomic E-state index is -1.21. The van der Waals surface area contributed by atoms with Gasteiger partial charge in [0.2, 0.25) is 11.8 Å². The number of aliphatic hydroxyl groups is 1. The van der Waals surface area contributed by atoms with Gasteiger partial charge in [-0.15, -0.1) is 0 Å². The second-order valence-corrected chi connectivity index (χ2v) is 11.3. The lowest BCUT2D eigenvalue weighted by molar-refractivity contribution is -0.134. The number of carbonyl (C=O) groups excluding carboxylic acids is 2. The lowest BCUT2D eigenvalue weighted by Crippen LogP contribution is -2.49. The first-order valence-electron chi connectivity index (χ1n) is 13.1. The Labute approximate surface area is 234 Å². The van der Waals surface area contributed by atoms with Crippen LogP contribution in [0.4, 0.5) is 5.69 Å². The number of aromatic nitrogens is 1.